The molecule has 0 aliphatic rings. The Hall–Kier alpha value is -1.53. The summed E-state index contributed by atoms with van der Waals surface area (Å²) in [6.07, 6.45) is 0. The van der Waals surface area contributed by atoms with Crippen LogP contribution >= 0.6 is 11.6 Å². The zero-order valence-corrected chi connectivity index (χ0v) is 9.04. The maximum atomic E-state index is 11.3. The van der Waals surface area contributed by atoms with Crippen LogP contribution in [0.3, 0.4) is 0 Å². The minimum atomic E-state index is -0.438. The third-order valence-electron chi connectivity index (χ3n) is 1.52. The van der Waals surface area contributed by atoms with Crippen LogP contribution in [0.25, 0.3) is 0 Å². The average molecular weight is 224 g/mol. The molecule has 0 aromatic carbocycles. The second kappa shape index (κ2) is 6.05. The molecule has 1 heterocycles. The van der Waals surface area contributed by atoms with E-state index in [9.17, 15) is 4.79 Å². The summed E-state index contributed by atoms with van der Waals surface area (Å²) in [5.41, 5.74) is 0.777. The highest BCUT2D eigenvalue weighted by molar-refractivity contribution is 6.19. The molecule has 1 aromatic heterocycles. The van der Waals surface area contributed by atoms with Crippen molar-refractivity contribution in [1.29, 1.82) is 0 Å². The van der Waals surface area contributed by atoms with Gasteiger partial charge in [0.1, 0.15) is 11.4 Å². The Bertz CT molecular complexity index is 407. The number of esters is 1. The van der Waals surface area contributed by atoms with Crippen molar-refractivity contribution >= 4 is 17.6 Å². The Kier molecular flexibility index (Phi) is 4.65. The van der Waals surface area contributed by atoms with Crippen molar-refractivity contribution in [3.8, 4) is 11.8 Å². The lowest BCUT2D eigenvalue weighted by Crippen LogP contribution is -2.07. The second-order valence-electron chi connectivity index (χ2n) is 2.56. The lowest BCUT2D eigenvalue weighted by Gasteiger charge is -2.00. The first-order valence-corrected chi connectivity index (χ1v) is 5.00. The molecule has 0 radical (unpaired) electrons. The van der Waals surface area contributed by atoms with Gasteiger partial charge in [0.2, 0.25) is 0 Å². The topological polar surface area (TPSA) is 39.2 Å². The van der Waals surface area contributed by atoms with E-state index in [1.165, 1.54) is 0 Å². The lowest BCUT2D eigenvalue weighted by atomic mass is 10.3. The smallest absolute Gasteiger partial charge is 0.356 e. The van der Waals surface area contributed by atoms with Gasteiger partial charge in [-0.2, -0.15) is 0 Å². The maximum Gasteiger partial charge on any atom is 0.356 e. The summed E-state index contributed by atoms with van der Waals surface area (Å²) in [5.74, 6) is 5.20. The number of hydrogen-bond acceptors (Lipinski definition) is 3. The number of halogens is 1. The highest BCUT2D eigenvalue weighted by Crippen LogP contribution is 2.00. The second-order valence-corrected chi connectivity index (χ2v) is 2.83. The van der Waals surface area contributed by atoms with Gasteiger partial charge in [-0.3, -0.25) is 0 Å². The fraction of sp³-hybridized carbons (Fsp3) is 0.273. The van der Waals surface area contributed by atoms with Gasteiger partial charge in [0.15, 0.2) is 0 Å². The Morgan fingerprint density at radius 3 is 3.07 bits per heavy atom. The molecule has 1 aromatic rings. The van der Waals surface area contributed by atoms with Gasteiger partial charge < -0.3 is 4.74 Å². The molecule has 15 heavy (non-hydrogen) atoms. The quantitative estimate of drug-likeness (QED) is 0.436. The van der Waals surface area contributed by atoms with Crippen molar-refractivity contribution in [2.45, 2.75) is 6.92 Å². The number of carbonyl (C=O) groups is 1. The van der Waals surface area contributed by atoms with Crippen LogP contribution in [0.4, 0.5) is 0 Å². The molecule has 0 N–H and O–H groups in total. The molecule has 78 valence electrons. The number of ether oxygens (including phenoxy) is 1. The van der Waals surface area contributed by atoms with Crippen LogP contribution in [0.2, 0.25) is 0 Å². The van der Waals surface area contributed by atoms with Crippen LogP contribution in [-0.4, -0.2) is 23.4 Å². The zero-order chi connectivity index (χ0) is 11.1. The summed E-state index contributed by atoms with van der Waals surface area (Å²) in [4.78, 5) is 15.3. The Morgan fingerprint density at radius 2 is 2.40 bits per heavy atom. The summed E-state index contributed by atoms with van der Waals surface area (Å²) < 4.78 is 4.81. The van der Waals surface area contributed by atoms with Crippen molar-refractivity contribution < 1.29 is 9.53 Å². The van der Waals surface area contributed by atoms with Gasteiger partial charge in [0.25, 0.3) is 0 Å². The van der Waals surface area contributed by atoms with Gasteiger partial charge in [0.05, 0.1) is 12.5 Å². The number of hydrogen-bond donors (Lipinski definition) is 0. The number of carbonyl (C=O) groups excluding carboxylic acids is 1. The van der Waals surface area contributed by atoms with Gasteiger partial charge in [0, 0.05) is 0 Å². The molecular formula is C11H10ClNO2. The number of nitrogens with zero attached hydrogens (tertiary/aromatic N) is 1. The van der Waals surface area contributed by atoms with E-state index in [0.717, 1.165) is 0 Å². The Morgan fingerprint density at radius 1 is 1.60 bits per heavy atom. The van der Waals surface area contributed by atoms with E-state index in [-0.39, 0.29) is 11.6 Å². The Labute approximate surface area is 93.4 Å². The SMILES string of the molecule is CCOC(=O)c1cccc(C#CCCl)n1. The van der Waals surface area contributed by atoms with E-state index >= 15 is 0 Å². The van der Waals surface area contributed by atoms with Gasteiger partial charge in [-0.25, -0.2) is 9.78 Å². The molecule has 0 unspecified atom stereocenters. The predicted molar refractivity (Wildman–Crippen MR) is 57.8 cm³/mol. The molecule has 0 aliphatic heterocycles. The first-order chi connectivity index (χ1) is 7.27. The molecule has 0 spiro atoms. The molecule has 0 saturated carbocycles. The molecule has 4 heteroatoms. The van der Waals surface area contributed by atoms with E-state index in [4.69, 9.17) is 16.3 Å². The number of pyridine rings is 1. The number of aromatic nitrogens is 1. The predicted octanol–water partition coefficient (Wildman–Crippen LogP) is 1.85. The molecule has 3 nitrogen and oxygen atoms in total. The normalized spacial score (nSPS) is 8.93. The molecule has 0 aliphatic carbocycles. The highest BCUT2D eigenvalue weighted by Gasteiger charge is 2.07. The number of rotatable bonds is 2. The fourth-order valence-corrected chi connectivity index (χ4v) is 1.01. The van der Waals surface area contributed by atoms with Crippen molar-refractivity contribution in [1.82, 2.24) is 4.98 Å². The van der Waals surface area contributed by atoms with Crippen molar-refractivity contribution in [3.63, 3.8) is 0 Å². The minimum absolute atomic E-state index is 0.241. The van der Waals surface area contributed by atoms with Crippen molar-refractivity contribution in [2.75, 3.05) is 12.5 Å². The van der Waals surface area contributed by atoms with E-state index in [2.05, 4.69) is 16.8 Å². The van der Waals surface area contributed by atoms with Crippen LogP contribution < -0.4 is 0 Å². The van der Waals surface area contributed by atoms with Crippen LogP contribution in [-0.2, 0) is 4.74 Å². The van der Waals surface area contributed by atoms with Gasteiger partial charge in [-0.05, 0) is 25.0 Å². The molecule has 0 bridgehead atoms. The van der Waals surface area contributed by atoms with Crippen LogP contribution in [0.1, 0.15) is 23.1 Å². The molecule has 0 amide bonds. The molecular weight excluding hydrogens is 214 g/mol. The monoisotopic (exact) mass is 223 g/mol. The van der Waals surface area contributed by atoms with Crippen LogP contribution in [0.5, 0.6) is 0 Å². The Balaban J connectivity index is 2.87. The van der Waals surface area contributed by atoms with Gasteiger partial charge in [-0.1, -0.05) is 12.0 Å². The number of alkyl halides is 1. The first kappa shape index (κ1) is 11.5. The summed E-state index contributed by atoms with van der Waals surface area (Å²) in [6.45, 7) is 2.08. The highest BCUT2D eigenvalue weighted by atomic mass is 35.5. The minimum Gasteiger partial charge on any atom is -0.461 e. The van der Waals surface area contributed by atoms with E-state index in [1.54, 1.807) is 25.1 Å². The van der Waals surface area contributed by atoms with Crippen molar-refractivity contribution in [3.05, 3.63) is 29.6 Å². The van der Waals surface area contributed by atoms with E-state index in [0.29, 0.717) is 12.3 Å². The van der Waals surface area contributed by atoms with Gasteiger partial charge in [-0.15, -0.1) is 11.6 Å². The standard InChI is InChI=1S/C11H10ClNO2/c1-2-15-11(14)10-7-3-5-9(13-10)6-4-8-12/h3,5,7H,2,8H2,1H3. The van der Waals surface area contributed by atoms with Crippen LogP contribution in [0.15, 0.2) is 18.2 Å². The van der Waals surface area contributed by atoms with Crippen LogP contribution in [0, 0.1) is 11.8 Å². The third-order valence-corrected chi connectivity index (χ3v) is 1.65. The van der Waals surface area contributed by atoms with E-state index < -0.39 is 5.97 Å². The summed E-state index contributed by atoms with van der Waals surface area (Å²) in [6, 6.07) is 5.00. The third kappa shape index (κ3) is 3.61. The lowest BCUT2D eigenvalue weighted by molar-refractivity contribution is 0.0519. The maximum absolute atomic E-state index is 11.3. The average Bonchev–Trinajstić information content (AvgIpc) is 2.27. The summed E-state index contributed by atoms with van der Waals surface area (Å²) in [5, 5.41) is 0. The molecule has 0 fully saturated rings. The van der Waals surface area contributed by atoms with Gasteiger partial charge >= 0.3 is 5.97 Å². The molecule has 1 rings (SSSR count). The first-order valence-electron chi connectivity index (χ1n) is 4.47. The van der Waals surface area contributed by atoms with Crippen molar-refractivity contribution in [2.24, 2.45) is 0 Å². The summed E-state index contributed by atoms with van der Waals surface area (Å²) in [7, 11) is 0. The largest absolute Gasteiger partial charge is 0.461 e. The summed E-state index contributed by atoms with van der Waals surface area (Å²) >= 11 is 5.41. The van der Waals surface area contributed by atoms with E-state index in [1.807, 2.05) is 0 Å². The molecule has 0 saturated heterocycles. The zero-order valence-electron chi connectivity index (χ0n) is 8.29. The fourth-order valence-electron chi connectivity index (χ4n) is 0.947. The molecule has 0 atom stereocenters.